The third-order valence-corrected chi connectivity index (χ3v) is 5.22. The Bertz CT molecular complexity index is 949. The molecule has 0 aliphatic carbocycles. The zero-order valence-electron chi connectivity index (χ0n) is 16.4. The second kappa shape index (κ2) is 7.98. The number of likely N-dealkylation sites (tertiary alicyclic amines) is 1. The van der Waals surface area contributed by atoms with Gasteiger partial charge in [-0.15, -0.1) is 0 Å². The molecule has 1 fully saturated rings. The highest BCUT2D eigenvalue weighted by molar-refractivity contribution is 5.98. The van der Waals surface area contributed by atoms with Crippen molar-refractivity contribution < 1.29 is 4.79 Å². The summed E-state index contributed by atoms with van der Waals surface area (Å²) in [5.74, 6) is 0. The van der Waals surface area contributed by atoms with Crippen LogP contribution in [0.1, 0.15) is 36.4 Å². The number of carbonyl (C=O) groups is 1. The van der Waals surface area contributed by atoms with Gasteiger partial charge in [-0.1, -0.05) is 30.3 Å². The van der Waals surface area contributed by atoms with Gasteiger partial charge in [0.25, 0.3) is 0 Å². The Morgan fingerprint density at radius 1 is 1.18 bits per heavy atom. The quantitative estimate of drug-likeness (QED) is 0.724. The van der Waals surface area contributed by atoms with Crippen LogP contribution in [0.3, 0.4) is 0 Å². The molecule has 1 saturated heterocycles. The van der Waals surface area contributed by atoms with E-state index in [9.17, 15) is 4.79 Å². The Morgan fingerprint density at radius 2 is 2.00 bits per heavy atom. The molecule has 2 N–H and O–H groups in total. The number of nitrogens with zero attached hydrogens (tertiary/aromatic N) is 4. The molecule has 4 rings (SSSR count). The molecule has 1 aromatic heterocycles. The highest BCUT2D eigenvalue weighted by Crippen LogP contribution is 2.32. The lowest BCUT2D eigenvalue weighted by atomic mass is 9.95. The van der Waals surface area contributed by atoms with Crippen molar-refractivity contribution in [2.24, 2.45) is 0 Å². The van der Waals surface area contributed by atoms with Crippen LogP contribution in [0.15, 0.2) is 42.5 Å². The highest BCUT2D eigenvalue weighted by Gasteiger charge is 2.28. The number of anilines is 1. The molecule has 146 valence electrons. The van der Waals surface area contributed by atoms with Crippen molar-refractivity contribution in [2.45, 2.75) is 31.8 Å². The molecule has 28 heavy (non-hydrogen) atoms. The van der Waals surface area contributed by atoms with E-state index in [4.69, 9.17) is 0 Å². The van der Waals surface area contributed by atoms with Crippen LogP contribution in [0.2, 0.25) is 0 Å². The maximum absolute atomic E-state index is 13.1. The second-order valence-corrected chi connectivity index (χ2v) is 7.61. The molecule has 1 atom stereocenters. The molecule has 1 unspecified atom stereocenters. The number of carbonyl (C=O) groups excluding carboxylic acids is 1. The minimum Gasteiger partial charge on any atom is -0.317 e. The normalized spacial score (nSPS) is 17.2. The maximum atomic E-state index is 13.1. The van der Waals surface area contributed by atoms with E-state index in [0.29, 0.717) is 11.2 Å². The van der Waals surface area contributed by atoms with Gasteiger partial charge >= 0.3 is 6.03 Å². The highest BCUT2D eigenvalue weighted by atomic mass is 16.2. The Morgan fingerprint density at radius 3 is 2.79 bits per heavy atom. The summed E-state index contributed by atoms with van der Waals surface area (Å²) in [6.07, 6.45) is 3.14. The molecule has 0 saturated carbocycles. The summed E-state index contributed by atoms with van der Waals surface area (Å²) in [4.78, 5) is 17.2. The summed E-state index contributed by atoms with van der Waals surface area (Å²) in [7, 11) is 4.13. The fraction of sp³-hybridized carbons (Fsp3) is 0.381. The van der Waals surface area contributed by atoms with Crippen LogP contribution >= 0.6 is 0 Å². The van der Waals surface area contributed by atoms with Gasteiger partial charge in [0.15, 0.2) is 0 Å². The van der Waals surface area contributed by atoms with Crippen LogP contribution in [0.4, 0.5) is 10.5 Å². The monoisotopic (exact) mass is 378 g/mol. The van der Waals surface area contributed by atoms with Gasteiger partial charge in [-0.25, -0.2) is 4.79 Å². The molecule has 3 aromatic rings. The van der Waals surface area contributed by atoms with Gasteiger partial charge < -0.3 is 15.1 Å². The van der Waals surface area contributed by atoms with Crippen molar-refractivity contribution in [3.63, 3.8) is 0 Å². The average molecular weight is 378 g/mol. The zero-order valence-corrected chi connectivity index (χ0v) is 16.4. The molecule has 0 radical (unpaired) electrons. The fourth-order valence-corrected chi connectivity index (χ4v) is 3.89. The number of H-pyrrole nitrogens is 1. The van der Waals surface area contributed by atoms with Crippen molar-refractivity contribution in [2.75, 3.05) is 26.0 Å². The lowest BCUT2D eigenvalue weighted by Gasteiger charge is -2.36. The van der Waals surface area contributed by atoms with E-state index >= 15 is 0 Å². The molecule has 2 aromatic carbocycles. The van der Waals surface area contributed by atoms with E-state index in [-0.39, 0.29) is 12.1 Å². The summed E-state index contributed by atoms with van der Waals surface area (Å²) in [6, 6.07) is 14.3. The number of hydrogen-bond donors (Lipinski definition) is 2. The van der Waals surface area contributed by atoms with Gasteiger partial charge in [0.2, 0.25) is 0 Å². The van der Waals surface area contributed by atoms with Crippen molar-refractivity contribution in [1.29, 1.82) is 0 Å². The summed E-state index contributed by atoms with van der Waals surface area (Å²) >= 11 is 0. The first-order chi connectivity index (χ1) is 13.6. The third-order valence-electron chi connectivity index (χ3n) is 5.22. The molecular formula is C21H26N6O. The Kier molecular flexibility index (Phi) is 5.25. The van der Waals surface area contributed by atoms with E-state index < -0.39 is 0 Å². The van der Waals surface area contributed by atoms with Gasteiger partial charge in [0.05, 0.1) is 11.7 Å². The fourth-order valence-electron chi connectivity index (χ4n) is 3.89. The summed E-state index contributed by atoms with van der Waals surface area (Å²) in [6.45, 7) is 1.67. The van der Waals surface area contributed by atoms with Crippen LogP contribution in [0.5, 0.6) is 0 Å². The third kappa shape index (κ3) is 3.84. The van der Waals surface area contributed by atoms with E-state index in [1.807, 2.05) is 23.1 Å². The SMILES string of the molecule is CN(C)Cc1ccc(C2CCCCN2C(=O)Nc2cccc3n[nH]nc23)cc1. The number of nitrogens with one attached hydrogen (secondary N) is 2. The van der Waals surface area contributed by atoms with Crippen molar-refractivity contribution >= 4 is 22.8 Å². The number of rotatable bonds is 4. The van der Waals surface area contributed by atoms with Crippen LogP contribution in [-0.2, 0) is 6.54 Å². The van der Waals surface area contributed by atoms with Crippen LogP contribution < -0.4 is 5.32 Å². The Labute approximate surface area is 164 Å². The smallest absolute Gasteiger partial charge is 0.317 e. The molecule has 1 aliphatic rings. The van der Waals surface area contributed by atoms with Crippen molar-refractivity contribution in [3.05, 3.63) is 53.6 Å². The Balaban J connectivity index is 1.53. The first-order valence-electron chi connectivity index (χ1n) is 9.72. The minimum atomic E-state index is -0.0856. The number of aromatic nitrogens is 3. The molecule has 2 amide bonds. The number of para-hydroxylation sites is 1. The number of urea groups is 1. The van der Waals surface area contributed by atoms with Crippen molar-refractivity contribution in [3.8, 4) is 0 Å². The average Bonchev–Trinajstić information content (AvgIpc) is 3.18. The summed E-state index contributed by atoms with van der Waals surface area (Å²) in [5, 5.41) is 13.9. The van der Waals surface area contributed by atoms with Gasteiger partial charge in [-0.3, -0.25) is 0 Å². The van der Waals surface area contributed by atoms with Gasteiger partial charge in [0, 0.05) is 13.1 Å². The minimum absolute atomic E-state index is 0.0856. The molecule has 7 heteroatoms. The van der Waals surface area contributed by atoms with E-state index in [1.165, 1.54) is 11.1 Å². The van der Waals surface area contributed by atoms with Crippen LogP contribution in [-0.4, -0.2) is 51.9 Å². The zero-order chi connectivity index (χ0) is 19.5. The number of benzene rings is 2. The summed E-state index contributed by atoms with van der Waals surface area (Å²) in [5.41, 5.74) is 4.57. The van der Waals surface area contributed by atoms with Crippen LogP contribution in [0.25, 0.3) is 11.0 Å². The first kappa shape index (κ1) is 18.4. The number of piperidine rings is 1. The molecular weight excluding hydrogens is 352 g/mol. The molecule has 2 heterocycles. The first-order valence-corrected chi connectivity index (χ1v) is 9.72. The second-order valence-electron chi connectivity index (χ2n) is 7.61. The summed E-state index contributed by atoms with van der Waals surface area (Å²) < 4.78 is 0. The van der Waals surface area contributed by atoms with Gasteiger partial charge in [-0.2, -0.15) is 15.4 Å². The maximum Gasteiger partial charge on any atom is 0.322 e. The molecule has 1 aliphatic heterocycles. The molecule has 0 bridgehead atoms. The van der Waals surface area contributed by atoms with E-state index in [2.05, 4.69) is 64.0 Å². The Hall–Kier alpha value is -2.93. The van der Waals surface area contributed by atoms with Gasteiger partial charge in [0.1, 0.15) is 11.0 Å². The van der Waals surface area contributed by atoms with E-state index in [0.717, 1.165) is 37.9 Å². The molecule has 7 nitrogen and oxygen atoms in total. The number of aromatic amines is 1. The van der Waals surface area contributed by atoms with Crippen molar-refractivity contribution in [1.82, 2.24) is 25.2 Å². The lowest BCUT2D eigenvalue weighted by Crippen LogP contribution is -2.41. The number of hydrogen-bond acceptors (Lipinski definition) is 4. The topological polar surface area (TPSA) is 77.1 Å². The van der Waals surface area contributed by atoms with Gasteiger partial charge in [-0.05, 0) is 56.6 Å². The number of fused-ring (bicyclic) bond motifs is 1. The predicted molar refractivity (Wildman–Crippen MR) is 110 cm³/mol. The standard InChI is InChI=1S/C21H26N6O/c1-26(2)14-15-9-11-16(12-10-15)19-8-3-4-13-27(19)21(28)22-17-6-5-7-18-20(17)24-25-23-18/h5-7,9-12,19H,3-4,8,13-14H2,1-2H3,(H,22,28)(H,23,24,25). The van der Waals surface area contributed by atoms with E-state index in [1.54, 1.807) is 0 Å². The number of amides is 2. The van der Waals surface area contributed by atoms with Crippen LogP contribution in [0, 0.1) is 0 Å². The lowest BCUT2D eigenvalue weighted by molar-refractivity contribution is 0.163. The largest absolute Gasteiger partial charge is 0.322 e. The predicted octanol–water partition coefficient (Wildman–Crippen LogP) is 3.78. The molecule has 0 spiro atoms.